The molecule has 25 heavy (non-hydrogen) atoms. The van der Waals surface area contributed by atoms with E-state index in [1.807, 2.05) is 4.90 Å². The number of aromatic nitrogens is 4. The van der Waals surface area contributed by atoms with Crippen LogP contribution in [-0.4, -0.2) is 56.2 Å². The van der Waals surface area contributed by atoms with Crippen molar-refractivity contribution in [2.24, 2.45) is 0 Å². The van der Waals surface area contributed by atoms with Gasteiger partial charge < -0.3 is 9.64 Å². The number of rotatable bonds is 5. The lowest BCUT2D eigenvalue weighted by Gasteiger charge is -2.35. The predicted octanol–water partition coefficient (Wildman–Crippen LogP) is 1.61. The van der Waals surface area contributed by atoms with E-state index < -0.39 is 5.97 Å². The third-order valence-electron chi connectivity index (χ3n) is 4.46. The Hall–Kier alpha value is -2.77. The fraction of sp³-hybridized carbons (Fsp3) is 0.471. The molecule has 1 aliphatic rings. The average molecular weight is 343 g/mol. The normalized spacial score (nSPS) is 17.3. The Kier molecular flexibility index (Phi) is 5.37. The molecular formula is C17H21N5O3. The molecule has 0 unspecified atom stereocenters. The van der Waals surface area contributed by atoms with E-state index in [1.165, 1.54) is 11.0 Å². The van der Waals surface area contributed by atoms with Crippen LogP contribution in [0.4, 0.5) is 0 Å². The van der Waals surface area contributed by atoms with Crippen molar-refractivity contribution in [3.63, 3.8) is 0 Å². The molecule has 2 heterocycles. The molecule has 8 heteroatoms. The first-order valence-electron chi connectivity index (χ1n) is 8.49. The lowest BCUT2D eigenvalue weighted by atomic mass is 10.00. The van der Waals surface area contributed by atoms with E-state index in [4.69, 9.17) is 4.74 Å². The average Bonchev–Trinajstić information content (AvgIpc) is 3.20. The van der Waals surface area contributed by atoms with Crippen LogP contribution >= 0.6 is 0 Å². The van der Waals surface area contributed by atoms with Crippen LogP contribution in [0.15, 0.2) is 30.6 Å². The van der Waals surface area contributed by atoms with Gasteiger partial charge in [0.05, 0.1) is 11.3 Å². The summed E-state index contributed by atoms with van der Waals surface area (Å²) in [7, 11) is 0. The minimum atomic E-state index is -0.512. The number of tetrazole rings is 1. The molecule has 0 spiro atoms. The number of carbonyl (C=O) groups is 2. The van der Waals surface area contributed by atoms with Gasteiger partial charge in [0.15, 0.2) is 6.61 Å². The van der Waals surface area contributed by atoms with Crippen LogP contribution in [-0.2, 0) is 9.53 Å². The van der Waals surface area contributed by atoms with Gasteiger partial charge in [0.25, 0.3) is 5.91 Å². The van der Waals surface area contributed by atoms with Gasteiger partial charge >= 0.3 is 5.97 Å². The topological polar surface area (TPSA) is 90.2 Å². The molecule has 0 N–H and O–H groups in total. The maximum atomic E-state index is 12.3. The van der Waals surface area contributed by atoms with Crippen LogP contribution in [0.5, 0.6) is 0 Å². The molecule has 1 amide bonds. The first-order chi connectivity index (χ1) is 12.2. The third kappa shape index (κ3) is 4.01. The van der Waals surface area contributed by atoms with E-state index in [9.17, 15) is 9.59 Å². The summed E-state index contributed by atoms with van der Waals surface area (Å²) < 4.78 is 6.68. The lowest BCUT2D eigenvalue weighted by Crippen LogP contribution is -2.45. The van der Waals surface area contributed by atoms with E-state index in [0.717, 1.165) is 37.9 Å². The number of amides is 1. The molecule has 1 saturated heterocycles. The number of esters is 1. The van der Waals surface area contributed by atoms with Crippen molar-refractivity contribution in [1.82, 2.24) is 25.1 Å². The van der Waals surface area contributed by atoms with Crippen molar-refractivity contribution in [3.05, 3.63) is 36.2 Å². The highest BCUT2D eigenvalue weighted by atomic mass is 16.5. The molecule has 1 atom stereocenters. The van der Waals surface area contributed by atoms with E-state index in [0.29, 0.717) is 5.56 Å². The molecule has 0 bridgehead atoms. The maximum absolute atomic E-state index is 12.3. The summed E-state index contributed by atoms with van der Waals surface area (Å²) in [5.41, 5.74) is 1.12. The van der Waals surface area contributed by atoms with E-state index in [1.54, 1.807) is 24.3 Å². The van der Waals surface area contributed by atoms with Gasteiger partial charge in [-0.1, -0.05) is 6.92 Å². The van der Waals surface area contributed by atoms with Crippen molar-refractivity contribution < 1.29 is 14.3 Å². The molecule has 3 rings (SSSR count). The summed E-state index contributed by atoms with van der Waals surface area (Å²) in [5.74, 6) is -0.633. The van der Waals surface area contributed by atoms with Crippen LogP contribution in [0.1, 0.15) is 43.0 Å². The monoisotopic (exact) mass is 343 g/mol. The Morgan fingerprint density at radius 3 is 2.72 bits per heavy atom. The zero-order chi connectivity index (χ0) is 17.6. The Balaban J connectivity index is 1.56. The zero-order valence-corrected chi connectivity index (χ0v) is 14.2. The summed E-state index contributed by atoms with van der Waals surface area (Å²) in [6.07, 6.45) is 5.58. The van der Waals surface area contributed by atoms with Crippen LogP contribution in [0.2, 0.25) is 0 Å². The highest BCUT2D eigenvalue weighted by molar-refractivity contribution is 5.91. The number of likely N-dealkylation sites (tertiary alicyclic amines) is 1. The summed E-state index contributed by atoms with van der Waals surface area (Å²) in [6.45, 7) is 2.61. The Morgan fingerprint density at radius 2 is 2.04 bits per heavy atom. The van der Waals surface area contributed by atoms with Gasteiger partial charge in [-0.05, 0) is 60.4 Å². The zero-order valence-electron chi connectivity index (χ0n) is 14.2. The maximum Gasteiger partial charge on any atom is 0.338 e. The van der Waals surface area contributed by atoms with Gasteiger partial charge in [-0.2, -0.15) is 0 Å². The Morgan fingerprint density at radius 1 is 1.24 bits per heavy atom. The minimum Gasteiger partial charge on any atom is -0.452 e. The fourth-order valence-corrected chi connectivity index (χ4v) is 3.08. The molecular weight excluding hydrogens is 322 g/mol. The summed E-state index contributed by atoms with van der Waals surface area (Å²) in [4.78, 5) is 26.3. The van der Waals surface area contributed by atoms with Gasteiger partial charge in [0.1, 0.15) is 6.33 Å². The van der Waals surface area contributed by atoms with E-state index in [2.05, 4.69) is 22.4 Å². The summed E-state index contributed by atoms with van der Waals surface area (Å²) in [5, 5.41) is 10.9. The first-order valence-corrected chi connectivity index (χ1v) is 8.49. The summed E-state index contributed by atoms with van der Waals surface area (Å²) >= 11 is 0. The second-order valence-corrected chi connectivity index (χ2v) is 6.02. The van der Waals surface area contributed by atoms with Crippen molar-refractivity contribution in [3.8, 4) is 5.69 Å². The highest BCUT2D eigenvalue weighted by Crippen LogP contribution is 2.19. The number of hydrogen-bond acceptors (Lipinski definition) is 6. The van der Waals surface area contributed by atoms with Crippen molar-refractivity contribution >= 4 is 11.9 Å². The smallest absolute Gasteiger partial charge is 0.338 e. The van der Waals surface area contributed by atoms with Crippen LogP contribution < -0.4 is 0 Å². The summed E-state index contributed by atoms with van der Waals surface area (Å²) in [6, 6.07) is 6.94. The van der Waals surface area contributed by atoms with Crippen LogP contribution in [0.25, 0.3) is 5.69 Å². The van der Waals surface area contributed by atoms with Crippen molar-refractivity contribution in [2.75, 3.05) is 13.2 Å². The second kappa shape index (κ2) is 7.87. The molecule has 0 radical (unpaired) electrons. The number of piperidine rings is 1. The molecule has 1 aromatic carbocycles. The lowest BCUT2D eigenvalue weighted by molar-refractivity contribution is -0.138. The molecule has 0 saturated carbocycles. The van der Waals surface area contributed by atoms with Crippen LogP contribution in [0, 0.1) is 0 Å². The Labute approximate surface area is 145 Å². The second-order valence-electron chi connectivity index (χ2n) is 6.02. The van der Waals surface area contributed by atoms with Crippen molar-refractivity contribution in [1.29, 1.82) is 0 Å². The standard InChI is InChI=1S/C17H21N5O3/c1-2-14-5-3-4-10-21(14)16(23)11-25-17(24)13-6-8-15(9-7-13)22-12-18-19-20-22/h6-9,12,14H,2-5,10-11H2,1H3/t14-/m1/s1. The molecule has 0 aliphatic carbocycles. The predicted molar refractivity (Wildman–Crippen MR) is 89.1 cm³/mol. The molecule has 1 aliphatic heterocycles. The minimum absolute atomic E-state index is 0.120. The highest BCUT2D eigenvalue weighted by Gasteiger charge is 2.26. The molecule has 8 nitrogen and oxygen atoms in total. The Bertz CT molecular complexity index is 714. The van der Waals surface area contributed by atoms with E-state index >= 15 is 0 Å². The van der Waals surface area contributed by atoms with Crippen LogP contribution in [0.3, 0.4) is 0 Å². The van der Waals surface area contributed by atoms with Gasteiger partial charge in [-0.3, -0.25) is 4.79 Å². The molecule has 2 aromatic rings. The number of nitrogens with zero attached hydrogens (tertiary/aromatic N) is 5. The molecule has 1 aromatic heterocycles. The number of benzene rings is 1. The van der Waals surface area contributed by atoms with Gasteiger partial charge in [-0.15, -0.1) is 5.10 Å². The first kappa shape index (κ1) is 17.1. The number of carbonyl (C=O) groups excluding carboxylic acids is 2. The SMILES string of the molecule is CC[C@@H]1CCCCN1C(=O)COC(=O)c1ccc(-n2cnnn2)cc1. The molecule has 132 valence electrons. The largest absolute Gasteiger partial charge is 0.452 e. The fourth-order valence-electron chi connectivity index (χ4n) is 3.08. The third-order valence-corrected chi connectivity index (χ3v) is 4.46. The van der Waals surface area contributed by atoms with Crippen molar-refractivity contribution in [2.45, 2.75) is 38.6 Å². The van der Waals surface area contributed by atoms with Gasteiger partial charge in [-0.25, -0.2) is 9.48 Å². The quantitative estimate of drug-likeness (QED) is 0.766. The molecule has 1 fully saturated rings. The van der Waals surface area contributed by atoms with E-state index in [-0.39, 0.29) is 18.6 Å². The van der Waals surface area contributed by atoms with Gasteiger partial charge in [0, 0.05) is 12.6 Å². The van der Waals surface area contributed by atoms with Gasteiger partial charge in [0.2, 0.25) is 0 Å². The number of ether oxygens (including phenoxy) is 1. The number of hydrogen-bond donors (Lipinski definition) is 0.